The molecule has 6 heteroatoms. The molecule has 1 N–H and O–H groups in total. The van der Waals surface area contributed by atoms with E-state index in [0.29, 0.717) is 5.56 Å². The first-order valence-electron chi connectivity index (χ1n) is 9.87. The van der Waals surface area contributed by atoms with E-state index >= 15 is 0 Å². The molecule has 5 nitrogen and oxygen atoms in total. The van der Waals surface area contributed by atoms with E-state index in [2.05, 4.69) is 20.9 Å². The second-order valence-electron chi connectivity index (χ2n) is 7.66. The van der Waals surface area contributed by atoms with Gasteiger partial charge in [0, 0.05) is 29.0 Å². The van der Waals surface area contributed by atoms with Crippen LogP contribution in [0, 0.1) is 13.8 Å². The third-order valence-corrected chi connectivity index (χ3v) is 5.98. The summed E-state index contributed by atoms with van der Waals surface area (Å²) in [6, 6.07) is 16.0. The molecule has 1 amide bonds. The number of aromatic nitrogens is 1. The molecule has 0 aliphatic carbocycles. The molecule has 1 saturated heterocycles. The average Bonchev–Trinajstić information content (AvgIpc) is 3.01. The normalized spacial score (nSPS) is 17.9. The number of pyridine rings is 1. The Hall–Kier alpha value is -3.25. The van der Waals surface area contributed by atoms with E-state index in [0.717, 1.165) is 26.7 Å². The van der Waals surface area contributed by atoms with Crippen molar-refractivity contribution in [3.05, 3.63) is 105 Å². The van der Waals surface area contributed by atoms with Gasteiger partial charge in [-0.15, -0.1) is 0 Å². The molecule has 3 aromatic rings. The highest BCUT2D eigenvalue weighted by Gasteiger charge is 2.46. The van der Waals surface area contributed by atoms with E-state index in [4.69, 9.17) is 0 Å². The topological polar surface area (TPSA) is 70.5 Å². The Balaban J connectivity index is 1.90. The summed E-state index contributed by atoms with van der Waals surface area (Å²) in [6.07, 6.45) is 3.33. The van der Waals surface area contributed by atoms with E-state index in [9.17, 15) is 14.7 Å². The van der Waals surface area contributed by atoms with Crippen LogP contribution in [0.2, 0.25) is 0 Å². The second kappa shape index (κ2) is 8.47. The van der Waals surface area contributed by atoms with Crippen molar-refractivity contribution < 1.29 is 14.7 Å². The fraction of sp³-hybridized carbons (Fsp3) is 0.160. The molecule has 1 aliphatic rings. The minimum absolute atomic E-state index is 0.102. The van der Waals surface area contributed by atoms with Gasteiger partial charge in [0.15, 0.2) is 0 Å². The van der Waals surface area contributed by atoms with Crippen molar-refractivity contribution in [1.82, 2.24) is 9.88 Å². The summed E-state index contributed by atoms with van der Waals surface area (Å²) < 4.78 is 0.884. The van der Waals surface area contributed by atoms with Gasteiger partial charge in [0.25, 0.3) is 11.7 Å². The number of carbonyl (C=O) groups is 2. The number of amides is 1. The maximum Gasteiger partial charge on any atom is 0.295 e. The fourth-order valence-corrected chi connectivity index (χ4v) is 4.12. The lowest BCUT2D eigenvalue weighted by molar-refractivity contribution is -0.140. The standard InChI is InChI=1S/C25H21BrN2O3/c1-15-5-6-16(2)20(12-15)23(29)21-22(18-7-9-19(26)10-8-18)28(25(31)24(21)30)14-17-4-3-11-27-13-17/h3-13,22,29H,14H2,1-2H3/b23-21+. The van der Waals surface area contributed by atoms with Gasteiger partial charge in [-0.1, -0.05) is 51.8 Å². The molecule has 0 radical (unpaired) electrons. The Morgan fingerprint density at radius 3 is 2.52 bits per heavy atom. The van der Waals surface area contributed by atoms with Gasteiger partial charge in [0.2, 0.25) is 0 Å². The largest absolute Gasteiger partial charge is 0.507 e. The van der Waals surface area contributed by atoms with Gasteiger partial charge in [0.1, 0.15) is 5.76 Å². The molecule has 0 bridgehead atoms. The summed E-state index contributed by atoms with van der Waals surface area (Å²) in [5.74, 6) is -1.47. The maximum atomic E-state index is 13.1. The number of benzene rings is 2. The lowest BCUT2D eigenvalue weighted by Gasteiger charge is -2.25. The number of carbonyl (C=O) groups excluding carboxylic acids is 2. The SMILES string of the molecule is Cc1ccc(C)c(/C(O)=C2\C(=O)C(=O)N(Cc3cccnc3)C2c2ccc(Br)cc2)c1. The smallest absolute Gasteiger partial charge is 0.295 e. The van der Waals surface area contributed by atoms with Crippen LogP contribution in [-0.4, -0.2) is 26.7 Å². The van der Waals surface area contributed by atoms with Gasteiger partial charge < -0.3 is 10.0 Å². The summed E-state index contributed by atoms with van der Waals surface area (Å²) in [4.78, 5) is 31.8. The van der Waals surface area contributed by atoms with Crippen LogP contribution in [0.4, 0.5) is 0 Å². The number of nitrogens with zero attached hydrogens (tertiary/aromatic N) is 2. The molecule has 1 fully saturated rings. The van der Waals surface area contributed by atoms with E-state index in [1.54, 1.807) is 18.5 Å². The molecule has 1 aromatic heterocycles. The van der Waals surface area contributed by atoms with Crippen molar-refractivity contribution in [2.45, 2.75) is 26.4 Å². The lowest BCUT2D eigenvalue weighted by atomic mass is 9.93. The van der Waals surface area contributed by atoms with Crippen LogP contribution < -0.4 is 0 Å². The molecular formula is C25H21BrN2O3. The molecule has 156 valence electrons. The van der Waals surface area contributed by atoms with Crippen LogP contribution in [0.25, 0.3) is 5.76 Å². The highest BCUT2D eigenvalue weighted by molar-refractivity contribution is 9.10. The molecule has 4 rings (SSSR count). The van der Waals surface area contributed by atoms with Gasteiger partial charge in [-0.05, 0) is 54.8 Å². The van der Waals surface area contributed by atoms with E-state index in [-0.39, 0.29) is 17.9 Å². The highest BCUT2D eigenvalue weighted by atomic mass is 79.9. The number of ketones is 1. The number of aryl methyl sites for hydroxylation is 2. The Morgan fingerprint density at radius 1 is 1.10 bits per heavy atom. The fourth-order valence-electron chi connectivity index (χ4n) is 3.86. The third kappa shape index (κ3) is 4.03. The molecule has 1 atom stereocenters. The first-order chi connectivity index (χ1) is 14.9. The summed E-state index contributed by atoms with van der Waals surface area (Å²) >= 11 is 3.43. The molecule has 2 heterocycles. The molecule has 0 saturated carbocycles. The Morgan fingerprint density at radius 2 is 1.84 bits per heavy atom. The number of rotatable bonds is 4. The van der Waals surface area contributed by atoms with Gasteiger partial charge >= 0.3 is 0 Å². The van der Waals surface area contributed by atoms with Gasteiger partial charge in [-0.25, -0.2) is 0 Å². The van der Waals surface area contributed by atoms with Crippen LogP contribution in [0.15, 0.2) is 77.0 Å². The average molecular weight is 477 g/mol. The number of Topliss-reactive ketones (excluding diaryl/α,β-unsaturated/α-hetero) is 1. The number of hydrogen-bond acceptors (Lipinski definition) is 4. The number of hydrogen-bond donors (Lipinski definition) is 1. The predicted molar refractivity (Wildman–Crippen MR) is 122 cm³/mol. The number of halogens is 1. The second-order valence-corrected chi connectivity index (χ2v) is 8.57. The van der Waals surface area contributed by atoms with E-state index < -0.39 is 17.7 Å². The van der Waals surface area contributed by atoms with Crippen molar-refractivity contribution in [1.29, 1.82) is 0 Å². The minimum Gasteiger partial charge on any atom is -0.507 e. The van der Waals surface area contributed by atoms with Crippen LogP contribution in [-0.2, 0) is 16.1 Å². The lowest BCUT2D eigenvalue weighted by Crippen LogP contribution is -2.29. The third-order valence-electron chi connectivity index (χ3n) is 5.45. The first kappa shape index (κ1) is 21.0. The monoisotopic (exact) mass is 476 g/mol. The number of aliphatic hydroxyl groups excluding tert-OH is 1. The minimum atomic E-state index is -0.701. The Bertz CT molecular complexity index is 1190. The zero-order valence-corrected chi connectivity index (χ0v) is 18.8. The molecular weight excluding hydrogens is 456 g/mol. The van der Waals surface area contributed by atoms with Gasteiger partial charge in [0.05, 0.1) is 11.6 Å². The molecule has 31 heavy (non-hydrogen) atoms. The molecule has 2 aromatic carbocycles. The van der Waals surface area contributed by atoms with Crippen molar-refractivity contribution in [3.8, 4) is 0 Å². The quantitative estimate of drug-likeness (QED) is 0.323. The Labute approximate surface area is 189 Å². The predicted octanol–water partition coefficient (Wildman–Crippen LogP) is 5.08. The van der Waals surface area contributed by atoms with Crippen molar-refractivity contribution in [3.63, 3.8) is 0 Å². The van der Waals surface area contributed by atoms with E-state index in [1.807, 2.05) is 62.4 Å². The number of likely N-dealkylation sites (tertiary alicyclic amines) is 1. The Kier molecular flexibility index (Phi) is 5.74. The highest BCUT2D eigenvalue weighted by Crippen LogP contribution is 2.41. The zero-order chi connectivity index (χ0) is 22.1. The summed E-state index contributed by atoms with van der Waals surface area (Å²) in [5, 5.41) is 11.2. The van der Waals surface area contributed by atoms with Crippen LogP contribution in [0.1, 0.15) is 33.9 Å². The molecule has 0 spiro atoms. The summed E-state index contributed by atoms with van der Waals surface area (Å²) in [6.45, 7) is 4.00. The van der Waals surface area contributed by atoms with E-state index in [1.165, 1.54) is 4.90 Å². The van der Waals surface area contributed by atoms with Crippen molar-refractivity contribution in [2.24, 2.45) is 0 Å². The molecule has 1 aliphatic heterocycles. The number of aliphatic hydroxyl groups is 1. The summed E-state index contributed by atoms with van der Waals surface area (Å²) in [5.41, 5.74) is 4.00. The van der Waals surface area contributed by atoms with Crippen molar-refractivity contribution in [2.75, 3.05) is 0 Å². The van der Waals surface area contributed by atoms with Crippen LogP contribution in [0.3, 0.4) is 0 Å². The first-order valence-corrected chi connectivity index (χ1v) is 10.7. The summed E-state index contributed by atoms with van der Waals surface area (Å²) in [7, 11) is 0. The van der Waals surface area contributed by atoms with Crippen LogP contribution in [0.5, 0.6) is 0 Å². The molecule has 1 unspecified atom stereocenters. The van der Waals surface area contributed by atoms with Gasteiger partial charge in [-0.2, -0.15) is 0 Å². The van der Waals surface area contributed by atoms with Crippen LogP contribution >= 0.6 is 15.9 Å². The van der Waals surface area contributed by atoms with Crippen molar-refractivity contribution >= 4 is 33.4 Å². The zero-order valence-electron chi connectivity index (χ0n) is 17.2. The maximum absolute atomic E-state index is 13.1. The van der Waals surface area contributed by atoms with Gasteiger partial charge in [-0.3, -0.25) is 14.6 Å².